The smallest absolute Gasteiger partial charge is 0.258 e. The molecule has 258 valence electrons. The molecule has 3 saturated heterocycles. The minimum atomic E-state index is -0.271. The van der Waals surface area contributed by atoms with E-state index in [0.717, 1.165) is 55.4 Å². The van der Waals surface area contributed by atoms with Crippen LogP contribution in [0.25, 0.3) is 22.3 Å². The highest BCUT2D eigenvalue weighted by molar-refractivity contribution is 6.04. The van der Waals surface area contributed by atoms with Crippen LogP contribution in [0.3, 0.4) is 0 Å². The highest BCUT2D eigenvalue weighted by Gasteiger charge is 2.46. The second-order valence-electron chi connectivity index (χ2n) is 15.0. The summed E-state index contributed by atoms with van der Waals surface area (Å²) in [5.41, 5.74) is 5.69. The standard InChI is InChI=1S/C39H49N7O3/c1-43-21-16-39(17-22-43)25-45(26-39)28-14-19-44(20-15-28)30-9-12-33-35(24-30)46(29-7-10-31(47)11-8-29)38(41-33)42-37(48)27-13-18-40-34(23-27)32-5-3-4-6-36(32)49-2/h3-6,9,12-13,18,23-24,28-29,31,47H,7-8,10-11,14-17,19-22,25-26H2,1-2H3,(H,41,42,48). The summed E-state index contributed by atoms with van der Waals surface area (Å²) in [7, 11) is 3.89. The Hall–Kier alpha value is -3.99. The third-order valence-electron chi connectivity index (χ3n) is 11.8. The minimum absolute atomic E-state index is 0.143. The number of pyridine rings is 1. The second kappa shape index (κ2) is 13.4. The van der Waals surface area contributed by atoms with Gasteiger partial charge in [-0.3, -0.25) is 20.0 Å². The quantitative estimate of drug-likeness (QED) is 0.255. The van der Waals surface area contributed by atoms with Gasteiger partial charge in [-0.15, -0.1) is 0 Å². The van der Waals surface area contributed by atoms with Crippen LogP contribution in [0.1, 0.15) is 67.8 Å². The zero-order valence-electron chi connectivity index (χ0n) is 28.9. The number of aliphatic hydroxyl groups excluding tert-OH is 1. The molecular weight excluding hydrogens is 614 g/mol. The van der Waals surface area contributed by atoms with Crippen LogP contribution in [0.15, 0.2) is 60.8 Å². The summed E-state index contributed by atoms with van der Waals surface area (Å²) in [5.74, 6) is 1.02. The molecule has 10 nitrogen and oxygen atoms in total. The molecule has 1 saturated carbocycles. The Balaban J connectivity index is 1.01. The molecule has 2 aromatic carbocycles. The summed E-state index contributed by atoms with van der Waals surface area (Å²) in [4.78, 5) is 31.0. The van der Waals surface area contributed by atoms with Crippen molar-refractivity contribution in [3.05, 3.63) is 66.4 Å². The molecule has 10 heteroatoms. The van der Waals surface area contributed by atoms with Gasteiger partial charge in [0.1, 0.15) is 5.75 Å². The number of anilines is 2. The molecule has 1 aliphatic carbocycles. The Labute approximate surface area is 289 Å². The largest absolute Gasteiger partial charge is 0.496 e. The van der Waals surface area contributed by atoms with Crippen LogP contribution < -0.4 is 15.0 Å². The van der Waals surface area contributed by atoms with Crippen LogP contribution in [-0.4, -0.2) is 101 Å². The molecule has 0 bridgehead atoms. The maximum absolute atomic E-state index is 13.8. The van der Waals surface area contributed by atoms with Gasteiger partial charge in [-0.1, -0.05) is 12.1 Å². The van der Waals surface area contributed by atoms with Crippen LogP contribution in [0.5, 0.6) is 5.75 Å². The summed E-state index contributed by atoms with van der Waals surface area (Å²) in [5, 5.41) is 13.5. The summed E-state index contributed by atoms with van der Waals surface area (Å²) >= 11 is 0. The Kier molecular flexibility index (Phi) is 8.80. The van der Waals surface area contributed by atoms with Crippen LogP contribution >= 0.6 is 0 Å². The number of ether oxygens (including phenoxy) is 1. The van der Waals surface area contributed by atoms with E-state index in [4.69, 9.17) is 9.72 Å². The average molecular weight is 664 g/mol. The van der Waals surface area contributed by atoms with Crippen molar-refractivity contribution in [3.63, 3.8) is 0 Å². The van der Waals surface area contributed by atoms with Crippen LogP contribution in [0, 0.1) is 5.41 Å². The monoisotopic (exact) mass is 663 g/mol. The molecule has 3 aliphatic heterocycles. The molecule has 1 amide bonds. The number of methoxy groups -OCH3 is 1. The summed E-state index contributed by atoms with van der Waals surface area (Å²) in [6.07, 6.45) is 9.63. The van der Waals surface area contributed by atoms with Gasteiger partial charge in [0.25, 0.3) is 5.91 Å². The van der Waals surface area contributed by atoms with E-state index in [2.05, 4.69) is 54.8 Å². The van der Waals surface area contributed by atoms with Crippen molar-refractivity contribution in [1.82, 2.24) is 24.3 Å². The number of hydrogen-bond acceptors (Lipinski definition) is 8. The van der Waals surface area contributed by atoms with Crippen molar-refractivity contribution >= 4 is 28.6 Å². The zero-order valence-corrected chi connectivity index (χ0v) is 28.9. The number of amides is 1. The number of piperidine rings is 2. The molecule has 5 heterocycles. The molecule has 0 atom stereocenters. The van der Waals surface area contributed by atoms with E-state index in [9.17, 15) is 9.90 Å². The summed E-state index contributed by atoms with van der Waals surface area (Å²) < 4.78 is 7.76. The fourth-order valence-corrected chi connectivity index (χ4v) is 8.77. The number of likely N-dealkylation sites (tertiary alicyclic amines) is 2. The normalized spacial score (nSPS) is 23.4. The van der Waals surface area contributed by atoms with Gasteiger partial charge in [0.2, 0.25) is 5.95 Å². The molecule has 4 aliphatic rings. The molecule has 8 rings (SSSR count). The molecule has 2 aromatic heterocycles. The zero-order chi connectivity index (χ0) is 33.5. The average Bonchev–Trinajstić information content (AvgIpc) is 3.48. The number of nitrogens with zero attached hydrogens (tertiary/aromatic N) is 6. The molecule has 49 heavy (non-hydrogen) atoms. The Morgan fingerprint density at radius 1 is 0.918 bits per heavy atom. The van der Waals surface area contributed by atoms with Crippen molar-refractivity contribution in [1.29, 1.82) is 0 Å². The number of carbonyl (C=O) groups excluding carboxylic acids is 1. The number of para-hydroxylation sites is 1. The number of aliphatic hydroxyl groups is 1. The lowest BCUT2D eigenvalue weighted by molar-refractivity contribution is -0.0704. The third kappa shape index (κ3) is 6.42. The van der Waals surface area contributed by atoms with E-state index < -0.39 is 0 Å². The van der Waals surface area contributed by atoms with E-state index >= 15 is 0 Å². The highest BCUT2D eigenvalue weighted by atomic mass is 16.5. The van der Waals surface area contributed by atoms with E-state index in [0.29, 0.717) is 34.4 Å². The van der Waals surface area contributed by atoms with Crippen molar-refractivity contribution in [3.8, 4) is 17.0 Å². The number of carbonyl (C=O) groups is 1. The van der Waals surface area contributed by atoms with Gasteiger partial charge in [0.15, 0.2) is 0 Å². The fraction of sp³-hybridized carbons (Fsp3) is 0.513. The topological polar surface area (TPSA) is 99.0 Å². The predicted molar refractivity (Wildman–Crippen MR) is 193 cm³/mol. The van der Waals surface area contributed by atoms with Crippen molar-refractivity contribution in [2.24, 2.45) is 5.41 Å². The first-order chi connectivity index (χ1) is 23.9. The molecule has 0 radical (unpaired) electrons. The first-order valence-corrected chi connectivity index (χ1v) is 18.2. The summed E-state index contributed by atoms with van der Waals surface area (Å²) in [6.45, 7) is 7.14. The maximum atomic E-state index is 13.8. The van der Waals surface area contributed by atoms with Gasteiger partial charge < -0.3 is 24.2 Å². The Morgan fingerprint density at radius 2 is 1.67 bits per heavy atom. The number of rotatable bonds is 7. The van der Waals surface area contributed by atoms with E-state index in [1.807, 2.05) is 24.3 Å². The third-order valence-corrected chi connectivity index (χ3v) is 11.8. The van der Waals surface area contributed by atoms with Gasteiger partial charge in [-0.05, 0) is 119 Å². The minimum Gasteiger partial charge on any atom is -0.496 e. The number of fused-ring (bicyclic) bond motifs is 1. The van der Waals surface area contributed by atoms with Crippen molar-refractivity contribution < 1.29 is 14.6 Å². The number of nitrogens with one attached hydrogen (secondary N) is 1. The van der Waals surface area contributed by atoms with Crippen molar-refractivity contribution in [2.45, 2.75) is 69.6 Å². The lowest BCUT2D eigenvalue weighted by Gasteiger charge is -2.57. The number of imidazole rings is 1. The van der Waals surface area contributed by atoms with Crippen molar-refractivity contribution in [2.75, 3.05) is 63.6 Å². The lowest BCUT2D eigenvalue weighted by atomic mass is 9.71. The molecule has 4 aromatic rings. The van der Waals surface area contributed by atoms with E-state index in [-0.39, 0.29) is 18.1 Å². The van der Waals surface area contributed by atoms with Crippen LogP contribution in [-0.2, 0) is 0 Å². The second-order valence-corrected chi connectivity index (χ2v) is 15.0. The summed E-state index contributed by atoms with van der Waals surface area (Å²) in [6, 6.07) is 18.6. The number of aromatic nitrogens is 3. The van der Waals surface area contributed by atoms with E-state index in [1.165, 1.54) is 57.5 Å². The van der Waals surface area contributed by atoms with Gasteiger partial charge in [0.05, 0.1) is 29.9 Å². The molecule has 0 unspecified atom stereocenters. The first-order valence-electron chi connectivity index (χ1n) is 18.2. The Bertz CT molecular complexity index is 1790. The number of hydrogen-bond donors (Lipinski definition) is 2. The van der Waals surface area contributed by atoms with Gasteiger partial charge in [-0.25, -0.2) is 4.98 Å². The maximum Gasteiger partial charge on any atom is 0.258 e. The van der Waals surface area contributed by atoms with Gasteiger partial charge >= 0.3 is 0 Å². The molecule has 1 spiro atoms. The van der Waals surface area contributed by atoms with Gasteiger partial charge in [-0.2, -0.15) is 0 Å². The number of benzene rings is 2. The predicted octanol–water partition coefficient (Wildman–Crippen LogP) is 5.83. The first kappa shape index (κ1) is 32.2. The molecular formula is C39H49N7O3. The molecule has 2 N–H and O–H groups in total. The van der Waals surface area contributed by atoms with Gasteiger partial charge in [0, 0.05) is 61.3 Å². The van der Waals surface area contributed by atoms with E-state index in [1.54, 1.807) is 25.4 Å². The van der Waals surface area contributed by atoms with Crippen LogP contribution in [0.2, 0.25) is 0 Å². The molecule has 4 fully saturated rings. The Morgan fingerprint density at radius 3 is 2.43 bits per heavy atom. The fourth-order valence-electron chi connectivity index (χ4n) is 8.77. The highest BCUT2D eigenvalue weighted by Crippen LogP contribution is 2.43. The lowest BCUT2D eigenvalue weighted by Crippen LogP contribution is -2.63. The SMILES string of the molecule is COc1ccccc1-c1cc(C(=O)Nc2nc3ccc(N4CCC(N5CC6(CCN(C)CC6)C5)CC4)cc3n2C2CCC(O)CC2)ccn1. The van der Waals surface area contributed by atoms with Crippen LogP contribution in [0.4, 0.5) is 11.6 Å².